The van der Waals surface area contributed by atoms with E-state index >= 15 is 0 Å². The molecule has 6 nitrogen and oxygen atoms in total. The summed E-state index contributed by atoms with van der Waals surface area (Å²) in [6.45, 7) is 4.69. The molecule has 0 bridgehead atoms. The molecule has 2 aromatic carbocycles. The van der Waals surface area contributed by atoms with Crippen LogP contribution >= 0.6 is 11.6 Å². The van der Waals surface area contributed by atoms with Crippen LogP contribution in [0.1, 0.15) is 36.7 Å². The molecule has 174 valence electrons. The van der Waals surface area contributed by atoms with Crippen molar-refractivity contribution >= 4 is 23.1 Å². The molecule has 0 fully saturated rings. The van der Waals surface area contributed by atoms with Crippen molar-refractivity contribution in [1.82, 2.24) is 9.55 Å². The van der Waals surface area contributed by atoms with E-state index in [1.165, 1.54) is 11.1 Å². The van der Waals surface area contributed by atoms with Gasteiger partial charge in [-0.1, -0.05) is 42.8 Å². The summed E-state index contributed by atoms with van der Waals surface area (Å²) >= 11 is 6.57. The van der Waals surface area contributed by atoms with E-state index < -0.39 is 0 Å². The van der Waals surface area contributed by atoms with Gasteiger partial charge in [0.25, 0.3) is 5.56 Å². The Balaban J connectivity index is 1.77. The van der Waals surface area contributed by atoms with Crippen molar-refractivity contribution in [1.29, 1.82) is 0 Å². The number of aromatic nitrogens is 2. The number of nitrogens with one attached hydrogen (secondary N) is 1. The van der Waals surface area contributed by atoms with Crippen molar-refractivity contribution in [2.75, 3.05) is 30.9 Å². The fraction of sp³-hybridized carbons (Fsp3) is 0.385. The topological polar surface area (TPSA) is 59.4 Å². The van der Waals surface area contributed by atoms with Crippen LogP contribution in [-0.4, -0.2) is 36.4 Å². The van der Waals surface area contributed by atoms with Gasteiger partial charge in [0.2, 0.25) is 0 Å². The van der Waals surface area contributed by atoms with E-state index in [0.717, 1.165) is 23.6 Å². The lowest BCUT2D eigenvalue weighted by atomic mass is 10.1. The van der Waals surface area contributed by atoms with E-state index in [-0.39, 0.29) is 17.7 Å². The standard InChI is InChI=1S/C26H31ClN4O2/c1-6-21-25(29-23-18-11-9-8-10-16(18)14-22(23)33-7-2)31(5)26(32)24(28-21)19-13-12-17(30(3)4)15-20(19)27/h8-13,15,22-23,29H,6-7,14H2,1-5H3/t22-,23+/m0/s1. The molecule has 33 heavy (non-hydrogen) atoms. The maximum atomic E-state index is 13.4. The normalized spacial score (nSPS) is 17.2. The molecule has 0 aliphatic heterocycles. The molecule has 1 aromatic heterocycles. The molecule has 1 N–H and O–H groups in total. The summed E-state index contributed by atoms with van der Waals surface area (Å²) in [5.41, 5.74) is 5.08. The number of aryl methyl sites for hydroxylation is 1. The molecule has 1 aliphatic carbocycles. The first-order valence-electron chi connectivity index (χ1n) is 11.4. The van der Waals surface area contributed by atoms with Gasteiger partial charge in [-0.05, 0) is 42.7 Å². The predicted molar refractivity (Wildman–Crippen MR) is 136 cm³/mol. The Labute approximate surface area is 200 Å². The van der Waals surface area contributed by atoms with E-state index in [4.69, 9.17) is 21.3 Å². The van der Waals surface area contributed by atoms with Gasteiger partial charge in [0, 0.05) is 45.4 Å². The fourth-order valence-corrected chi connectivity index (χ4v) is 4.78. The summed E-state index contributed by atoms with van der Waals surface area (Å²) in [6, 6.07) is 14.0. The smallest absolute Gasteiger partial charge is 0.278 e. The third kappa shape index (κ3) is 4.37. The summed E-state index contributed by atoms with van der Waals surface area (Å²) in [5.74, 6) is 0.721. The van der Waals surface area contributed by atoms with Crippen LogP contribution in [0.15, 0.2) is 47.3 Å². The Morgan fingerprint density at radius 3 is 2.64 bits per heavy atom. The molecule has 0 unspecified atom stereocenters. The maximum Gasteiger partial charge on any atom is 0.278 e. The van der Waals surface area contributed by atoms with Crippen LogP contribution in [0.4, 0.5) is 11.5 Å². The van der Waals surface area contributed by atoms with Crippen molar-refractivity contribution in [3.05, 3.63) is 74.7 Å². The van der Waals surface area contributed by atoms with Crippen LogP contribution in [0.3, 0.4) is 0 Å². The number of rotatable bonds is 7. The van der Waals surface area contributed by atoms with E-state index in [1.807, 2.05) is 57.1 Å². The highest BCUT2D eigenvalue weighted by Crippen LogP contribution is 2.37. The van der Waals surface area contributed by atoms with Gasteiger partial charge >= 0.3 is 0 Å². The predicted octanol–water partition coefficient (Wildman–Crippen LogP) is 4.84. The van der Waals surface area contributed by atoms with Gasteiger partial charge in [-0.2, -0.15) is 0 Å². The molecular weight excluding hydrogens is 436 g/mol. The number of hydrogen-bond donors (Lipinski definition) is 1. The van der Waals surface area contributed by atoms with Crippen LogP contribution < -0.4 is 15.8 Å². The van der Waals surface area contributed by atoms with Crippen LogP contribution in [0.5, 0.6) is 0 Å². The zero-order chi connectivity index (χ0) is 23.7. The number of ether oxygens (including phenoxy) is 1. The van der Waals surface area contributed by atoms with Gasteiger partial charge in [0.15, 0.2) is 0 Å². The largest absolute Gasteiger partial charge is 0.378 e. The molecule has 0 radical (unpaired) electrons. The minimum atomic E-state index is -0.187. The Hall–Kier alpha value is -2.83. The zero-order valence-electron chi connectivity index (χ0n) is 19.9. The van der Waals surface area contributed by atoms with E-state index in [0.29, 0.717) is 29.3 Å². The molecule has 0 saturated heterocycles. The van der Waals surface area contributed by atoms with Crippen molar-refractivity contribution in [2.45, 2.75) is 38.8 Å². The maximum absolute atomic E-state index is 13.4. The first kappa shape index (κ1) is 23.3. The Bertz CT molecular complexity index is 1220. The van der Waals surface area contributed by atoms with Gasteiger partial charge in [0.1, 0.15) is 11.5 Å². The number of benzene rings is 2. The lowest BCUT2D eigenvalue weighted by molar-refractivity contribution is 0.0572. The van der Waals surface area contributed by atoms with Gasteiger partial charge in [-0.25, -0.2) is 4.98 Å². The lowest BCUT2D eigenvalue weighted by Crippen LogP contribution is -2.31. The SMILES string of the molecule is CCO[C@H]1Cc2ccccc2[C@H]1Nc1c(CC)nc(-c2ccc(N(C)C)cc2Cl)c(=O)n1C. The Morgan fingerprint density at radius 1 is 1.21 bits per heavy atom. The van der Waals surface area contributed by atoms with Gasteiger partial charge in [-0.3, -0.25) is 9.36 Å². The molecule has 3 aromatic rings. The Morgan fingerprint density at radius 2 is 1.97 bits per heavy atom. The summed E-state index contributed by atoms with van der Waals surface area (Å²) in [7, 11) is 5.69. The highest BCUT2D eigenvalue weighted by atomic mass is 35.5. The highest BCUT2D eigenvalue weighted by Gasteiger charge is 2.34. The van der Waals surface area contributed by atoms with Gasteiger partial charge in [-0.15, -0.1) is 0 Å². The quantitative estimate of drug-likeness (QED) is 0.539. The number of halogens is 1. The molecule has 0 amide bonds. The number of fused-ring (bicyclic) bond motifs is 1. The van der Waals surface area contributed by atoms with Crippen LogP contribution in [0.25, 0.3) is 11.3 Å². The number of anilines is 2. The number of hydrogen-bond acceptors (Lipinski definition) is 5. The molecule has 0 saturated carbocycles. The van der Waals surface area contributed by atoms with E-state index in [2.05, 4.69) is 23.5 Å². The van der Waals surface area contributed by atoms with Gasteiger partial charge in [0.05, 0.1) is 22.9 Å². The second-order valence-electron chi connectivity index (χ2n) is 8.55. The summed E-state index contributed by atoms with van der Waals surface area (Å²) < 4.78 is 7.72. The summed E-state index contributed by atoms with van der Waals surface area (Å²) in [4.78, 5) is 20.2. The van der Waals surface area contributed by atoms with Crippen molar-refractivity contribution < 1.29 is 4.74 Å². The minimum Gasteiger partial charge on any atom is -0.378 e. The van der Waals surface area contributed by atoms with Gasteiger partial charge < -0.3 is 15.0 Å². The average Bonchev–Trinajstić information content (AvgIpc) is 3.14. The zero-order valence-corrected chi connectivity index (χ0v) is 20.6. The van der Waals surface area contributed by atoms with Crippen molar-refractivity contribution in [3.63, 3.8) is 0 Å². The van der Waals surface area contributed by atoms with Crippen LogP contribution in [-0.2, 0) is 24.6 Å². The number of nitrogens with zero attached hydrogens (tertiary/aromatic N) is 3. The highest BCUT2D eigenvalue weighted by molar-refractivity contribution is 6.33. The van der Waals surface area contributed by atoms with E-state index in [9.17, 15) is 4.79 Å². The molecular formula is C26H31ClN4O2. The molecule has 4 rings (SSSR count). The molecule has 1 heterocycles. The van der Waals surface area contributed by atoms with E-state index in [1.54, 1.807) is 11.6 Å². The second-order valence-corrected chi connectivity index (χ2v) is 8.96. The lowest BCUT2D eigenvalue weighted by Gasteiger charge is -2.25. The molecule has 2 atom stereocenters. The minimum absolute atomic E-state index is 0.0000861. The average molecular weight is 467 g/mol. The first-order chi connectivity index (χ1) is 15.8. The van der Waals surface area contributed by atoms with Crippen molar-refractivity contribution in [3.8, 4) is 11.3 Å². The molecule has 1 aliphatic rings. The third-order valence-corrected chi connectivity index (χ3v) is 6.59. The van der Waals surface area contributed by atoms with Crippen LogP contribution in [0.2, 0.25) is 5.02 Å². The summed E-state index contributed by atoms with van der Waals surface area (Å²) in [5, 5.41) is 4.12. The van der Waals surface area contributed by atoms with Crippen molar-refractivity contribution in [2.24, 2.45) is 7.05 Å². The second kappa shape index (κ2) is 9.57. The fourth-order valence-electron chi connectivity index (χ4n) is 4.51. The first-order valence-corrected chi connectivity index (χ1v) is 11.8. The Kier molecular flexibility index (Phi) is 6.77. The third-order valence-electron chi connectivity index (χ3n) is 6.28. The molecule has 7 heteroatoms. The van der Waals surface area contributed by atoms with Crippen LogP contribution in [0, 0.1) is 0 Å². The molecule has 0 spiro atoms. The monoisotopic (exact) mass is 466 g/mol. The summed E-state index contributed by atoms with van der Waals surface area (Å²) in [6.07, 6.45) is 1.51.